The van der Waals surface area contributed by atoms with Gasteiger partial charge in [-0.15, -0.1) is 0 Å². The molecular weight excluding hydrogens is 240 g/mol. The molecule has 1 amide bonds. The number of nitrogens with two attached hydrogens (primary N) is 1. The quantitative estimate of drug-likeness (QED) is 0.556. The number of carbonyl (C=O) groups excluding carboxylic acids is 1. The number of amides is 1. The zero-order chi connectivity index (χ0) is 14.1. The maximum Gasteiger partial charge on any atom is 0.222 e. The Hall–Kier alpha value is -1.55. The van der Waals surface area contributed by atoms with E-state index in [1.165, 1.54) is 0 Å². The van der Waals surface area contributed by atoms with E-state index >= 15 is 0 Å². The number of nitrogen functional groups attached to an aromatic ring is 1. The van der Waals surface area contributed by atoms with E-state index in [1.807, 2.05) is 31.3 Å². The van der Waals surface area contributed by atoms with Crippen molar-refractivity contribution in [2.75, 3.05) is 25.9 Å². The molecule has 3 N–H and O–H groups in total. The van der Waals surface area contributed by atoms with Gasteiger partial charge in [-0.05, 0) is 37.3 Å². The number of carbonyl (C=O) groups is 1. The molecule has 0 aliphatic rings. The second kappa shape index (κ2) is 8.53. The van der Waals surface area contributed by atoms with E-state index in [2.05, 4.69) is 0 Å². The number of aryl methyl sites for hydroxylation is 1. The van der Waals surface area contributed by atoms with Crippen LogP contribution < -0.4 is 5.73 Å². The summed E-state index contributed by atoms with van der Waals surface area (Å²) >= 11 is 0. The summed E-state index contributed by atoms with van der Waals surface area (Å²) in [7, 11) is 1.83. The normalized spacial score (nSPS) is 10.4. The summed E-state index contributed by atoms with van der Waals surface area (Å²) in [4.78, 5) is 13.7. The van der Waals surface area contributed by atoms with Gasteiger partial charge in [-0.1, -0.05) is 18.2 Å². The standard InChI is InChI=1S/C15H24N2O2/c1-17(11-5-2-6-12-18)15(19)10-9-13-7-3-4-8-14(13)16/h3-4,7-8,18H,2,5-6,9-12,16H2,1H3. The van der Waals surface area contributed by atoms with Crippen molar-refractivity contribution in [2.45, 2.75) is 32.1 Å². The van der Waals surface area contributed by atoms with Crippen molar-refractivity contribution in [3.05, 3.63) is 29.8 Å². The molecule has 4 heteroatoms. The Balaban J connectivity index is 2.28. The predicted molar refractivity (Wildman–Crippen MR) is 77.7 cm³/mol. The van der Waals surface area contributed by atoms with E-state index in [4.69, 9.17) is 10.8 Å². The van der Waals surface area contributed by atoms with Crippen LogP contribution in [0.5, 0.6) is 0 Å². The molecule has 0 spiro atoms. The van der Waals surface area contributed by atoms with Crippen molar-refractivity contribution in [2.24, 2.45) is 0 Å². The number of aliphatic hydroxyl groups excluding tert-OH is 1. The third kappa shape index (κ3) is 5.75. The van der Waals surface area contributed by atoms with Crippen LogP contribution in [0.1, 0.15) is 31.2 Å². The fourth-order valence-electron chi connectivity index (χ4n) is 1.96. The molecule has 0 fully saturated rings. The van der Waals surface area contributed by atoms with Crippen molar-refractivity contribution >= 4 is 11.6 Å². The number of hydrogen-bond acceptors (Lipinski definition) is 3. The highest BCUT2D eigenvalue weighted by molar-refractivity contribution is 5.76. The molecular formula is C15H24N2O2. The third-order valence-corrected chi connectivity index (χ3v) is 3.24. The Morgan fingerprint density at radius 3 is 2.68 bits per heavy atom. The van der Waals surface area contributed by atoms with E-state index in [0.717, 1.165) is 37.1 Å². The number of rotatable bonds is 8. The first-order valence-electron chi connectivity index (χ1n) is 6.83. The summed E-state index contributed by atoms with van der Waals surface area (Å²) in [5, 5.41) is 8.68. The van der Waals surface area contributed by atoms with Crippen LogP contribution in [0.25, 0.3) is 0 Å². The molecule has 0 aliphatic carbocycles. The number of para-hydroxylation sites is 1. The molecule has 1 aromatic carbocycles. The lowest BCUT2D eigenvalue weighted by molar-refractivity contribution is -0.129. The third-order valence-electron chi connectivity index (χ3n) is 3.24. The minimum absolute atomic E-state index is 0.146. The molecule has 0 unspecified atom stereocenters. The van der Waals surface area contributed by atoms with E-state index < -0.39 is 0 Å². The van der Waals surface area contributed by atoms with Crippen LogP contribution in [0.3, 0.4) is 0 Å². The summed E-state index contributed by atoms with van der Waals surface area (Å²) in [6, 6.07) is 7.66. The van der Waals surface area contributed by atoms with E-state index in [-0.39, 0.29) is 12.5 Å². The molecule has 1 aromatic rings. The Labute approximate surface area is 115 Å². The fourth-order valence-corrected chi connectivity index (χ4v) is 1.96. The monoisotopic (exact) mass is 264 g/mol. The second-order valence-electron chi connectivity index (χ2n) is 4.80. The molecule has 106 valence electrons. The lowest BCUT2D eigenvalue weighted by Gasteiger charge is -2.17. The molecule has 0 saturated carbocycles. The van der Waals surface area contributed by atoms with E-state index in [1.54, 1.807) is 4.90 Å². The first-order valence-corrected chi connectivity index (χ1v) is 6.83. The smallest absolute Gasteiger partial charge is 0.222 e. The van der Waals surface area contributed by atoms with Crippen molar-refractivity contribution in [1.82, 2.24) is 4.90 Å². The molecule has 0 heterocycles. The van der Waals surface area contributed by atoms with Crippen LogP contribution in [0, 0.1) is 0 Å². The number of benzene rings is 1. The Morgan fingerprint density at radius 1 is 1.26 bits per heavy atom. The lowest BCUT2D eigenvalue weighted by Crippen LogP contribution is -2.28. The Morgan fingerprint density at radius 2 is 2.00 bits per heavy atom. The summed E-state index contributed by atoms with van der Waals surface area (Å²) in [6.07, 6.45) is 3.88. The topological polar surface area (TPSA) is 66.6 Å². The number of hydrogen-bond donors (Lipinski definition) is 2. The van der Waals surface area contributed by atoms with Crippen LogP contribution in [-0.4, -0.2) is 36.1 Å². The zero-order valence-electron chi connectivity index (χ0n) is 11.6. The Kier molecular flexibility index (Phi) is 6.97. The van der Waals surface area contributed by atoms with Crippen molar-refractivity contribution in [1.29, 1.82) is 0 Å². The van der Waals surface area contributed by atoms with Gasteiger partial charge in [0.2, 0.25) is 5.91 Å². The van der Waals surface area contributed by atoms with Crippen molar-refractivity contribution in [3.63, 3.8) is 0 Å². The van der Waals surface area contributed by atoms with Gasteiger partial charge < -0.3 is 15.7 Å². The van der Waals surface area contributed by atoms with Gasteiger partial charge in [0.15, 0.2) is 0 Å². The summed E-state index contributed by atoms with van der Waals surface area (Å²) in [5.74, 6) is 0.146. The van der Waals surface area contributed by atoms with Gasteiger partial charge in [0.1, 0.15) is 0 Å². The average Bonchev–Trinajstić information content (AvgIpc) is 2.42. The van der Waals surface area contributed by atoms with Gasteiger partial charge in [-0.2, -0.15) is 0 Å². The molecule has 4 nitrogen and oxygen atoms in total. The first kappa shape index (κ1) is 15.5. The highest BCUT2D eigenvalue weighted by Crippen LogP contribution is 2.13. The molecule has 0 aromatic heterocycles. The maximum atomic E-state index is 11.9. The number of nitrogens with zero attached hydrogens (tertiary/aromatic N) is 1. The number of anilines is 1. The van der Waals surface area contributed by atoms with Crippen LogP contribution in [0.15, 0.2) is 24.3 Å². The molecule has 0 aliphatic heterocycles. The minimum Gasteiger partial charge on any atom is -0.399 e. The van der Waals surface area contributed by atoms with Crippen molar-refractivity contribution in [3.8, 4) is 0 Å². The fraction of sp³-hybridized carbons (Fsp3) is 0.533. The summed E-state index contributed by atoms with van der Waals surface area (Å²) in [6.45, 7) is 0.980. The molecule has 0 radical (unpaired) electrons. The zero-order valence-corrected chi connectivity index (χ0v) is 11.6. The summed E-state index contributed by atoms with van der Waals surface area (Å²) < 4.78 is 0. The largest absolute Gasteiger partial charge is 0.399 e. The molecule has 0 saturated heterocycles. The van der Waals surface area contributed by atoms with E-state index in [9.17, 15) is 4.79 Å². The second-order valence-corrected chi connectivity index (χ2v) is 4.80. The van der Waals surface area contributed by atoms with Crippen LogP contribution in [0.2, 0.25) is 0 Å². The van der Waals surface area contributed by atoms with Gasteiger partial charge in [-0.25, -0.2) is 0 Å². The van der Waals surface area contributed by atoms with Crippen LogP contribution >= 0.6 is 0 Å². The predicted octanol–water partition coefficient (Wildman–Crippen LogP) is 1.82. The van der Waals surface area contributed by atoms with Gasteiger partial charge in [0, 0.05) is 32.3 Å². The van der Waals surface area contributed by atoms with Gasteiger partial charge in [0.05, 0.1) is 0 Å². The molecule has 19 heavy (non-hydrogen) atoms. The first-order chi connectivity index (χ1) is 9.15. The minimum atomic E-state index is 0.146. The van der Waals surface area contributed by atoms with Crippen molar-refractivity contribution < 1.29 is 9.90 Å². The molecule has 0 atom stereocenters. The van der Waals surface area contributed by atoms with Gasteiger partial charge >= 0.3 is 0 Å². The number of unbranched alkanes of at least 4 members (excludes halogenated alkanes) is 2. The maximum absolute atomic E-state index is 11.9. The Bertz CT molecular complexity index is 393. The molecule has 1 rings (SSSR count). The van der Waals surface area contributed by atoms with Crippen LogP contribution in [-0.2, 0) is 11.2 Å². The number of aliphatic hydroxyl groups is 1. The highest BCUT2D eigenvalue weighted by atomic mass is 16.2. The van der Waals surface area contributed by atoms with Crippen LogP contribution in [0.4, 0.5) is 5.69 Å². The van der Waals surface area contributed by atoms with Gasteiger partial charge in [0.25, 0.3) is 0 Å². The van der Waals surface area contributed by atoms with Gasteiger partial charge in [-0.3, -0.25) is 4.79 Å². The lowest BCUT2D eigenvalue weighted by atomic mass is 10.1. The summed E-state index contributed by atoms with van der Waals surface area (Å²) in [5.41, 5.74) is 7.63. The van der Waals surface area contributed by atoms with E-state index in [0.29, 0.717) is 12.8 Å². The SMILES string of the molecule is CN(CCCCCO)C(=O)CCc1ccccc1N. The highest BCUT2D eigenvalue weighted by Gasteiger charge is 2.09. The average molecular weight is 264 g/mol. The molecule has 0 bridgehead atoms.